The first-order valence-corrected chi connectivity index (χ1v) is 7.30. The van der Waals surface area contributed by atoms with Gasteiger partial charge < -0.3 is 10.6 Å². The molecule has 3 nitrogen and oxygen atoms in total. The molecule has 1 aliphatic heterocycles. The molecule has 1 saturated heterocycles. The first-order chi connectivity index (χ1) is 8.75. The van der Waals surface area contributed by atoms with Gasteiger partial charge in [0.05, 0.1) is 5.69 Å². The molecule has 1 heterocycles. The standard InChI is InChI=1S/C14H19BrN2O/c15-12-5-1-2-6-13(12)17-14(18)8-7-11-4-3-9-16-10-11/h1-2,5-6,11,16H,3-4,7-10H2,(H,17,18). The predicted molar refractivity (Wildman–Crippen MR) is 77.6 cm³/mol. The molecule has 0 bridgehead atoms. The number of anilines is 1. The SMILES string of the molecule is O=C(CCC1CCCNC1)Nc1ccccc1Br. The minimum absolute atomic E-state index is 0.104. The van der Waals surface area contributed by atoms with Crippen LogP contribution in [0.5, 0.6) is 0 Å². The van der Waals surface area contributed by atoms with Crippen LogP contribution in [0.3, 0.4) is 0 Å². The maximum absolute atomic E-state index is 11.9. The molecule has 98 valence electrons. The second-order valence-corrected chi connectivity index (χ2v) is 5.63. The van der Waals surface area contributed by atoms with E-state index < -0.39 is 0 Å². The molecule has 1 unspecified atom stereocenters. The van der Waals surface area contributed by atoms with E-state index in [0.717, 1.165) is 29.7 Å². The highest BCUT2D eigenvalue weighted by Gasteiger charge is 2.14. The molecule has 0 spiro atoms. The van der Waals surface area contributed by atoms with Gasteiger partial charge in [-0.15, -0.1) is 0 Å². The average Bonchev–Trinajstić information content (AvgIpc) is 2.40. The summed E-state index contributed by atoms with van der Waals surface area (Å²) in [5.74, 6) is 0.760. The Morgan fingerprint density at radius 1 is 1.44 bits per heavy atom. The number of piperidine rings is 1. The van der Waals surface area contributed by atoms with E-state index in [1.165, 1.54) is 12.8 Å². The van der Waals surface area contributed by atoms with Gasteiger partial charge in [-0.1, -0.05) is 12.1 Å². The maximum atomic E-state index is 11.9. The number of halogens is 1. The predicted octanol–water partition coefficient (Wildman–Crippen LogP) is 3.17. The van der Waals surface area contributed by atoms with E-state index in [4.69, 9.17) is 0 Å². The first-order valence-electron chi connectivity index (χ1n) is 6.51. The van der Waals surface area contributed by atoms with E-state index in [1.54, 1.807) is 0 Å². The first kappa shape index (κ1) is 13.6. The molecule has 1 atom stereocenters. The van der Waals surface area contributed by atoms with Crippen LogP contribution in [0.2, 0.25) is 0 Å². The van der Waals surface area contributed by atoms with Crippen molar-refractivity contribution in [3.63, 3.8) is 0 Å². The fraction of sp³-hybridized carbons (Fsp3) is 0.500. The monoisotopic (exact) mass is 310 g/mol. The summed E-state index contributed by atoms with van der Waals surface area (Å²) in [6.07, 6.45) is 4.06. The van der Waals surface area contributed by atoms with Gasteiger partial charge in [0.2, 0.25) is 5.91 Å². The lowest BCUT2D eigenvalue weighted by atomic mass is 9.94. The highest BCUT2D eigenvalue weighted by atomic mass is 79.9. The highest BCUT2D eigenvalue weighted by molar-refractivity contribution is 9.10. The van der Waals surface area contributed by atoms with E-state index >= 15 is 0 Å². The van der Waals surface area contributed by atoms with Gasteiger partial charge in [0, 0.05) is 10.9 Å². The summed E-state index contributed by atoms with van der Waals surface area (Å²) in [5, 5.41) is 6.32. The topological polar surface area (TPSA) is 41.1 Å². The Hall–Kier alpha value is -0.870. The Bertz CT molecular complexity index is 403. The third-order valence-corrected chi connectivity index (χ3v) is 4.02. The summed E-state index contributed by atoms with van der Waals surface area (Å²) in [4.78, 5) is 11.9. The molecular formula is C14H19BrN2O. The number of rotatable bonds is 4. The number of carbonyl (C=O) groups is 1. The Labute approximate surface area is 116 Å². The van der Waals surface area contributed by atoms with Gasteiger partial charge in [-0.25, -0.2) is 0 Å². The van der Waals surface area contributed by atoms with Gasteiger partial charge >= 0.3 is 0 Å². The zero-order valence-corrected chi connectivity index (χ0v) is 12.0. The van der Waals surface area contributed by atoms with Crippen molar-refractivity contribution in [2.75, 3.05) is 18.4 Å². The molecule has 0 aromatic heterocycles. The van der Waals surface area contributed by atoms with Crippen LogP contribution in [0, 0.1) is 5.92 Å². The summed E-state index contributed by atoms with van der Waals surface area (Å²) in [6.45, 7) is 2.18. The van der Waals surface area contributed by atoms with Crippen molar-refractivity contribution in [3.8, 4) is 0 Å². The van der Waals surface area contributed by atoms with Crippen LogP contribution < -0.4 is 10.6 Å². The summed E-state index contributed by atoms with van der Waals surface area (Å²) in [7, 11) is 0. The van der Waals surface area contributed by atoms with Gasteiger partial charge in [0.25, 0.3) is 0 Å². The Balaban J connectivity index is 1.76. The number of hydrogen-bond acceptors (Lipinski definition) is 2. The molecule has 18 heavy (non-hydrogen) atoms. The van der Waals surface area contributed by atoms with Crippen LogP contribution in [0.25, 0.3) is 0 Å². The Kier molecular flexibility index (Phi) is 5.20. The lowest BCUT2D eigenvalue weighted by Crippen LogP contribution is -2.30. The third-order valence-electron chi connectivity index (χ3n) is 3.33. The van der Waals surface area contributed by atoms with Gasteiger partial charge in [0.1, 0.15) is 0 Å². The lowest BCUT2D eigenvalue weighted by molar-refractivity contribution is -0.116. The highest BCUT2D eigenvalue weighted by Crippen LogP contribution is 2.22. The fourth-order valence-corrected chi connectivity index (χ4v) is 2.66. The number of benzene rings is 1. The van der Waals surface area contributed by atoms with E-state index in [9.17, 15) is 4.79 Å². The smallest absolute Gasteiger partial charge is 0.224 e. The van der Waals surface area contributed by atoms with Crippen LogP contribution in [0.4, 0.5) is 5.69 Å². The molecule has 2 N–H and O–H groups in total. The summed E-state index contributed by atoms with van der Waals surface area (Å²) in [6, 6.07) is 7.70. The molecule has 1 aromatic rings. The molecule has 0 saturated carbocycles. The second-order valence-electron chi connectivity index (χ2n) is 4.78. The maximum Gasteiger partial charge on any atom is 0.224 e. The van der Waals surface area contributed by atoms with Crippen molar-refractivity contribution >= 4 is 27.5 Å². The Morgan fingerprint density at radius 3 is 3.00 bits per heavy atom. The Morgan fingerprint density at radius 2 is 2.28 bits per heavy atom. The number of para-hydroxylation sites is 1. The minimum atomic E-state index is 0.104. The number of hydrogen-bond donors (Lipinski definition) is 2. The molecular weight excluding hydrogens is 292 g/mol. The average molecular weight is 311 g/mol. The zero-order valence-electron chi connectivity index (χ0n) is 10.4. The molecule has 1 amide bonds. The van der Waals surface area contributed by atoms with Gasteiger partial charge in [0.15, 0.2) is 0 Å². The van der Waals surface area contributed by atoms with E-state index in [2.05, 4.69) is 26.6 Å². The van der Waals surface area contributed by atoms with Crippen LogP contribution in [0.15, 0.2) is 28.7 Å². The zero-order chi connectivity index (χ0) is 12.8. The summed E-state index contributed by atoms with van der Waals surface area (Å²) < 4.78 is 0.928. The summed E-state index contributed by atoms with van der Waals surface area (Å²) in [5.41, 5.74) is 0.851. The van der Waals surface area contributed by atoms with Gasteiger partial charge in [-0.05, 0) is 66.3 Å². The van der Waals surface area contributed by atoms with E-state index in [-0.39, 0.29) is 5.91 Å². The second kappa shape index (κ2) is 6.90. The largest absolute Gasteiger partial charge is 0.325 e. The van der Waals surface area contributed by atoms with Crippen molar-refractivity contribution in [2.24, 2.45) is 5.92 Å². The van der Waals surface area contributed by atoms with Crippen LogP contribution in [-0.2, 0) is 4.79 Å². The molecule has 2 rings (SSSR count). The van der Waals surface area contributed by atoms with Crippen molar-refractivity contribution < 1.29 is 4.79 Å². The quantitative estimate of drug-likeness (QED) is 0.897. The lowest BCUT2D eigenvalue weighted by Gasteiger charge is -2.22. The molecule has 1 aliphatic rings. The number of carbonyl (C=O) groups excluding carboxylic acids is 1. The molecule has 1 aromatic carbocycles. The summed E-state index contributed by atoms with van der Waals surface area (Å²) >= 11 is 3.43. The number of nitrogens with one attached hydrogen (secondary N) is 2. The van der Waals surface area contributed by atoms with Gasteiger partial charge in [-0.2, -0.15) is 0 Å². The van der Waals surface area contributed by atoms with Crippen molar-refractivity contribution in [3.05, 3.63) is 28.7 Å². The van der Waals surface area contributed by atoms with Crippen LogP contribution in [-0.4, -0.2) is 19.0 Å². The molecule has 4 heteroatoms. The van der Waals surface area contributed by atoms with Crippen LogP contribution in [0.1, 0.15) is 25.7 Å². The van der Waals surface area contributed by atoms with E-state index in [0.29, 0.717) is 12.3 Å². The van der Waals surface area contributed by atoms with Crippen molar-refractivity contribution in [1.29, 1.82) is 0 Å². The normalized spacial score (nSPS) is 19.5. The third kappa shape index (κ3) is 4.10. The number of amides is 1. The van der Waals surface area contributed by atoms with Crippen LogP contribution >= 0.6 is 15.9 Å². The van der Waals surface area contributed by atoms with Crippen molar-refractivity contribution in [2.45, 2.75) is 25.7 Å². The van der Waals surface area contributed by atoms with Gasteiger partial charge in [-0.3, -0.25) is 4.79 Å². The molecule has 1 fully saturated rings. The fourth-order valence-electron chi connectivity index (χ4n) is 2.28. The molecule has 0 radical (unpaired) electrons. The minimum Gasteiger partial charge on any atom is -0.325 e. The van der Waals surface area contributed by atoms with Crippen molar-refractivity contribution in [1.82, 2.24) is 5.32 Å². The van der Waals surface area contributed by atoms with E-state index in [1.807, 2.05) is 24.3 Å². The molecule has 0 aliphatic carbocycles.